The zero-order valence-corrected chi connectivity index (χ0v) is 10.7. The van der Waals surface area contributed by atoms with Gasteiger partial charge in [-0.1, -0.05) is 26.2 Å². The topological polar surface area (TPSA) is 23.5 Å². The van der Waals surface area contributed by atoms with Crippen LogP contribution < -0.4 is 0 Å². The molecule has 1 N–H and O–H groups in total. The standard InChI is InChI=1S/C14H27NO/c1-13-6-5-7-14(10-13,12-16)11-15-8-3-2-4-9-15/h13,16H,2-12H2,1H3. The predicted octanol–water partition coefficient (Wildman–Crippen LogP) is 2.66. The second-order valence-electron chi connectivity index (χ2n) is 6.20. The van der Waals surface area contributed by atoms with Crippen LogP contribution in [0.15, 0.2) is 0 Å². The lowest BCUT2D eigenvalue weighted by Gasteiger charge is -2.43. The molecular formula is C14H27NO. The first kappa shape index (κ1) is 12.4. The Morgan fingerprint density at radius 2 is 1.94 bits per heavy atom. The van der Waals surface area contributed by atoms with Gasteiger partial charge < -0.3 is 10.0 Å². The first-order chi connectivity index (χ1) is 7.74. The molecule has 0 radical (unpaired) electrons. The summed E-state index contributed by atoms with van der Waals surface area (Å²) in [5.41, 5.74) is 0.231. The van der Waals surface area contributed by atoms with Crippen molar-refractivity contribution in [2.45, 2.75) is 51.9 Å². The average Bonchev–Trinajstić information content (AvgIpc) is 2.30. The Morgan fingerprint density at radius 3 is 2.56 bits per heavy atom. The molecule has 0 aromatic heterocycles. The van der Waals surface area contributed by atoms with E-state index in [2.05, 4.69) is 11.8 Å². The molecule has 2 fully saturated rings. The molecule has 0 spiro atoms. The number of piperidine rings is 1. The minimum Gasteiger partial charge on any atom is -0.396 e. The number of nitrogens with zero attached hydrogens (tertiary/aromatic N) is 1. The summed E-state index contributed by atoms with van der Waals surface area (Å²) in [7, 11) is 0. The average molecular weight is 225 g/mol. The lowest BCUT2D eigenvalue weighted by molar-refractivity contribution is 0.0188. The fourth-order valence-electron chi connectivity index (χ4n) is 3.70. The molecule has 16 heavy (non-hydrogen) atoms. The Kier molecular flexibility index (Phi) is 4.26. The summed E-state index contributed by atoms with van der Waals surface area (Å²) in [6.45, 7) is 6.41. The Labute approximate surface area is 100 Å². The highest BCUT2D eigenvalue weighted by Crippen LogP contribution is 2.39. The van der Waals surface area contributed by atoms with E-state index in [-0.39, 0.29) is 5.41 Å². The van der Waals surface area contributed by atoms with E-state index >= 15 is 0 Å². The maximum Gasteiger partial charge on any atom is 0.0499 e. The van der Waals surface area contributed by atoms with E-state index in [9.17, 15) is 5.11 Å². The third-order valence-corrected chi connectivity index (χ3v) is 4.53. The summed E-state index contributed by atoms with van der Waals surface area (Å²) < 4.78 is 0. The molecule has 2 unspecified atom stereocenters. The number of hydrogen-bond acceptors (Lipinski definition) is 2. The molecule has 0 bridgehead atoms. The second kappa shape index (κ2) is 5.50. The van der Waals surface area contributed by atoms with Gasteiger partial charge in [0.1, 0.15) is 0 Å². The van der Waals surface area contributed by atoms with Gasteiger partial charge in [-0.2, -0.15) is 0 Å². The van der Waals surface area contributed by atoms with Gasteiger partial charge in [-0.15, -0.1) is 0 Å². The number of hydrogen-bond donors (Lipinski definition) is 1. The molecule has 2 aliphatic rings. The van der Waals surface area contributed by atoms with Gasteiger partial charge in [-0.05, 0) is 44.7 Å². The third kappa shape index (κ3) is 2.98. The summed E-state index contributed by atoms with van der Waals surface area (Å²) in [4.78, 5) is 2.60. The van der Waals surface area contributed by atoms with Gasteiger partial charge in [-0.25, -0.2) is 0 Å². The molecule has 2 heteroatoms. The smallest absolute Gasteiger partial charge is 0.0499 e. The molecule has 1 aliphatic carbocycles. The van der Waals surface area contributed by atoms with Crippen LogP contribution in [0.25, 0.3) is 0 Å². The molecule has 0 amide bonds. The number of likely N-dealkylation sites (tertiary alicyclic amines) is 1. The summed E-state index contributed by atoms with van der Waals surface area (Å²) in [6, 6.07) is 0. The van der Waals surface area contributed by atoms with Crippen molar-refractivity contribution in [2.75, 3.05) is 26.2 Å². The molecule has 2 rings (SSSR count). The van der Waals surface area contributed by atoms with Crippen molar-refractivity contribution in [1.82, 2.24) is 4.90 Å². The van der Waals surface area contributed by atoms with Crippen LogP contribution in [-0.2, 0) is 0 Å². The van der Waals surface area contributed by atoms with Crippen molar-refractivity contribution in [3.8, 4) is 0 Å². The molecule has 1 saturated heterocycles. The van der Waals surface area contributed by atoms with E-state index in [1.807, 2.05) is 0 Å². The first-order valence-corrected chi connectivity index (χ1v) is 7.07. The highest BCUT2D eigenvalue weighted by atomic mass is 16.3. The Hall–Kier alpha value is -0.0800. The van der Waals surface area contributed by atoms with E-state index < -0.39 is 0 Å². The molecule has 2 atom stereocenters. The Bertz CT molecular complexity index is 213. The SMILES string of the molecule is CC1CCCC(CO)(CN2CCCCC2)C1. The Balaban J connectivity index is 1.91. The summed E-state index contributed by atoms with van der Waals surface area (Å²) in [6.07, 6.45) is 9.27. The van der Waals surface area contributed by atoms with Crippen LogP contribution in [0.2, 0.25) is 0 Å². The molecular weight excluding hydrogens is 198 g/mol. The van der Waals surface area contributed by atoms with Crippen molar-refractivity contribution >= 4 is 0 Å². The van der Waals surface area contributed by atoms with Gasteiger partial charge in [0.2, 0.25) is 0 Å². The lowest BCUT2D eigenvalue weighted by Crippen LogP contribution is -2.44. The zero-order chi connectivity index (χ0) is 11.4. The molecule has 1 saturated carbocycles. The van der Waals surface area contributed by atoms with E-state index in [1.165, 1.54) is 58.0 Å². The maximum absolute atomic E-state index is 9.76. The number of rotatable bonds is 3. The van der Waals surface area contributed by atoms with Gasteiger partial charge >= 0.3 is 0 Å². The second-order valence-corrected chi connectivity index (χ2v) is 6.20. The normalized spacial score (nSPS) is 37.5. The lowest BCUT2D eigenvalue weighted by atomic mass is 9.70. The van der Waals surface area contributed by atoms with Gasteiger partial charge in [0.25, 0.3) is 0 Å². The van der Waals surface area contributed by atoms with Crippen LogP contribution in [-0.4, -0.2) is 36.2 Å². The van der Waals surface area contributed by atoms with Crippen LogP contribution in [0.1, 0.15) is 51.9 Å². The van der Waals surface area contributed by atoms with Crippen LogP contribution >= 0.6 is 0 Å². The predicted molar refractivity (Wildman–Crippen MR) is 67.4 cm³/mol. The molecule has 0 aromatic carbocycles. The molecule has 2 nitrogen and oxygen atoms in total. The van der Waals surface area contributed by atoms with Crippen LogP contribution in [0, 0.1) is 11.3 Å². The van der Waals surface area contributed by atoms with E-state index in [1.54, 1.807) is 0 Å². The van der Waals surface area contributed by atoms with Crippen molar-refractivity contribution < 1.29 is 5.11 Å². The minimum atomic E-state index is 0.231. The van der Waals surface area contributed by atoms with Gasteiger partial charge in [0.05, 0.1) is 0 Å². The molecule has 1 heterocycles. The van der Waals surface area contributed by atoms with Gasteiger partial charge in [-0.3, -0.25) is 0 Å². The number of aliphatic hydroxyl groups excluding tert-OH is 1. The zero-order valence-electron chi connectivity index (χ0n) is 10.7. The summed E-state index contributed by atoms with van der Waals surface area (Å²) in [5, 5.41) is 9.76. The van der Waals surface area contributed by atoms with Crippen LogP contribution in [0.5, 0.6) is 0 Å². The molecule has 1 aliphatic heterocycles. The third-order valence-electron chi connectivity index (χ3n) is 4.53. The Morgan fingerprint density at radius 1 is 1.19 bits per heavy atom. The highest BCUT2D eigenvalue weighted by molar-refractivity contribution is 4.88. The van der Waals surface area contributed by atoms with E-state index in [0.29, 0.717) is 6.61 Å². The van der Waals surface area contributed by atoms with Crippen molar-refractivity contribution in [3.63, 3.8) is 0 Å². The van der Waals surface area contributed by atoms with Crippen molar-refractivity contribution in [2.24, 2.45) is 11.3 Å². The van der Waals surface area contributed by atoms with Crippen LogP contribution in [0.4, 0.5) is 0 Å². The van der Waals surface area contributed by atoms with Crippen molar-refractivity contribution in [3.05, 3.63) is 0 Å². The van der Waals surface area contributed by atoms with E-state index in [4.69, 9.17) is 0 Å². The summed E-state index contributed by atoms with van der Waals surface area (Å²) in [5.74, 6) is 0.811. The molecule has 0 aromatic rings. The van der Waals surface area contributed by atoms with Crippen molar-refractivity contribution in [1.29, 1.82) is 0 Å². The first-order valence-electron chi connectivity index (χ1n) is 7.07. The quantitative estimate of drug-likeness (QED) is 0.798. The largest absolute Gasteiger partial charge is 0.396 e. The van der Waals surface area contributed by atoms with E-state index in [0.717, 1.165) is 12.5 Å². The minimum absolute atomic E-state index is 0.231. The monoisotopic (exact) mass is 225 g/mol. The highest BCUT2D eigenvalue weighted by Gasteiger charge is 2.36. The number of aliphatic hydroxyl groups is 1. The fraction of sp³-hybridized carbons (Fsp3) is 1.00. The molecule has 94 valence electrons. The van der Waals surface area contributed by atoms with Gasteiger partial charge in [0.15, 0.2) is 0 Å². The maximum atomic E-state index is 9.76. The summed E-state index contributed by atoms with van der Waals surface area (Å²) >= 11 is 0. The van der Waals surface area contributed by atoms with Crippen LogP contribution in [0.3, 0.4) is 0 Å². The van der Waals surface area contributed by atoms with Gasteiger partial charge in [0, 0.05) is 18.6 Å². The fourth-order valence-corrected chi connectivity index (χ4v) is 3.70.